The molecule has 0 spiro atoms. The van der Waals surface area contributed by atoms with E-state index in [1.807, 2.05) is 0 Å². The van der Waals surface area contributed by atoms with E-state index in [0.29, 0.717) is 0 Å². The number of aromatic amines is 1. The van der Waals surface area contributed by atoms with E-state index in [-0.39, 0.29) is 5.69 Å². The summed E-state index contributed by atoms with van der Waals surface area (Å²) >= 11 is 0. The van der Waals surface area contributed by atoms with Crippen molar-refractivity contribution in [2.24, 2.45) is 0 Å². The molecule has 4 heteroatoms. The summed E-state index contributed by atoms with van der Waals surface area (Å²) < 4.78 is 1.01. The van der Waals surface area contributed by atoms with Gasteiger partial charge in [0.05, 0.1) is 6.20 Å². The smallest absolute Gasteiger partial charge is 0.335 e. The third-order valence-corrected chi connectivity index (χ3v) is 0.871. The zero-order valence-electron chi connectivity index (χ0n) is 4.51. The molecule has 0 aliphatic heterocycles. The molecule has 0 unspecified atom stereocenters. The number of imidazole rings is 1. The molecule has 8 heavy (non-hydrogen) atoms. The van der Waals surface area contributed by atoms with Gasteiger partial charge in [-0.2, -0.15) is 0 Å². The van der Waals surface area contributed by atoms with E-state index in [4.69, 9.17) is 5.84 Å². The number of aromatic nitrogens is 2. The van der Waals surface area contributed by atoms with E-state index in [0.717, 1.165) is 10.4 Å². The average molecular weight is 113 g/mol. The van der Waals surface area contributed by atoms with Gasteiger partial charge in [-0.05, 0) is 6.92 Å². The van der Waals surface area contributed by atoms with E-state index >= 15 is 0 Å². The molecule has 44 valence electrons. The second kappa shape index (κ2) is 1.40. The third kappa shape index (κ3) is 0.598. The molecular weight excluding hydrogens is 106 g/mol. The number of hydrogen-bond donors (Lipinski definition) is 2. The minimum atomic E-state index is -0.275. The summed E-state index contributed by atoms with van der Waals surface area (Å²) in [5.41, 5.74) is 0.500. The minimum Gasteiger partial charge on any atom is -0.335 e. The van der Waals surface area contributed by atoms with Crippen LogP contribution in [0.4, 0.5) is 0 Å². The van der Waals surface area contributed by atoms with Crippen molar-refractivity contribution >= 4 is 0 Å². The van der Waals surface area contributed by atoms with Crippen molar-refractivity contribution in [3.05, 3.63) is 22.4 Å². The predicted molar refractivity (Wildman–Crippen MR) is 29.9 cm³/mol. The van der Waals surface area contributed by atoms with Crippen molar-refractivity contribution in [2.75, 3.05) is 5.84 Å². The monoisotopic (exact) mass is 113 g/mol. The van der Waals surface area contributed by atoms with Crippen LogP contribution in [0.3, 0.4) is 0 Å². The van der Waals surface area contributed by atoms with E-state index in [2.05, 4.69) is 4.98 Å². The second-order valence-corrected chi connectivity index (χ2v) is 1.65. The van der Waals surface area contributed by atoms with Crippen LogP contribution in [0.25, 0.3) is 0 Å². The van der Waals surface area contributed by atoms with Gasteiger partial charge in [-0.3, -0.25) is 0 Å². The SMILES string of the molecule is Cc1cn(N)c(=O)[nH]1. The van der Waals surface area contributed by atoms with Crippen LogP contribution in [-0.2, 0) is 0 Å². The second-order valence-electron chi connectivity index (χ2n) is 1.65. The highest BCUT2D eigenvalue weighted by Crippen LogP contribution is 1.79. The standard InChI is InChI=1S/C4H7N3O/c1-3-2-7(5)4(8)6-3/h2H,5H2,1H3,(H,6,8). The highest BCUT2D eigenvalue weighted by molar-refractivity contribution is 4.91. The van der Waals surface area contributed by atoms with Crippen LogP contribution in [-0.4, -0.2) is 9.66 Å². The maximum Gasteiger partial charge on any atom is 0.344 e. The number of rotatable bonds is 0. The molecule has 1 aromatic heterocycles. The van der Waals surface area contributed by atoms with Crippen LogP contribution in [0, 0.1) is 6.92 Å². The van der Waals surface area contributed by atoms with Gasteiger partial charge in [-0.1, -0.05) is 0 Å². The number of nitrogens with zero attached hydrogens (tertiary/aromatic N) is 1. The van der Waals surface area contributed by atoms with E-state index in [1.165, 1.54) is 6.20 Å². The molecule has 0 fully saturated rings. The normalized spacial score (nSPS) is 9.62. The zero-order valence-corrected chi connectivity index (χ0v) is 4.51. The summed E-state index contributed by atoms with van der Waals surface area (Å²) in [5, 5.41) is 0. The Kier molecular flexibility index (Phi) is 0.865. The van der Waals surface area contributed by atoms with E-state index in [1.54, 1.807) is 6.92 Å². The van der Waals surface area contributed by atoms with Crippen molar-refractivity contribution < 1.29 is 0 Å². The van der Waals surface area contributed by atoms with Crippen LogP contribution >= 0.6 is 0 Å². The summed E-state index contributed by atoms with van der Waals surface area (Å²) in [4.78, 5) is 12.9. The van der Waals surface area contributed by atoms with Crippen molar-refractivity contribution in [3.8, 4) is 0 Å². The Morgan fingerprint density at radius 1 is 1.88 bits per heavy atom. The van der Waals surface area contributed by atoms with Crippen LogP contribution in [0.2, 0.25) is 0 Å². The first-order chi connectivity index (χ1) is 3.70. The number of nitrogens with one attached hydrogen (secondary N) is 1. The molecular formula is C4H7N3O. The number of hydrogen-bond acceptors (Lipinski definition) is 2. The fourth-order valence-corrected chi connectivity index (χ4v) is 0.533. The quantitative estimate of drug-likeness (QED) is 0.432. The molecule has 0 aliphatic carbocycles. The maximum atomic E-state index is 10.4. The third-order valence-electron chi connectivity index (χ3n) is 0.871. The highest BCUT2D eigenvalue weighted by Gasteiger charge is 1.90. The Morgan fingerprint density at radius 3 is 2.62 bits per heavy atom. The fourth-order valence-electron chi connectivity index (χ4n) is 0.533. The lowest BCUT2D eigenvalue weighted by molar-refractivity contribution is 0.936. The summed E-state index contributed by atoms with van der Waals surface area (Å²) in [5.74, 6) is 5.11. The first-order valence-electron chi connectivity index (χ1n) is 2.23. The molecule has 1 heterocycles. The minimum absolute atomic E-state index is 0.275. The highest BCUT2D eigenvalue weighted by atomic mass is 16.1. The molecule has 0 aliphatic rings. The van der Waals surface area contributed by atoms with E-state index < -0.39 is 0 Å². The first kappa shape index (κ1) is 4.96. The lowest BCUT2D eigenvalue weighted by Crippen LogP contribution is -2.22. The van der Waals surface area contributed by atoms with Crippen molar-refractivity contribution in [2.45, 2.75) is 6.92 Å². The molecule has 0 saturated carbocycles. The summed E-state index contributed by atoms with van der Waals surface area (Å²) in [6.45, 7) is 1.77. The van der Waals surface area contributed by atoms with Crippen molar-refractivity contribution in [1.29, 1.82) is 0 Å². The summed E-state index contributed by atoms with van der Waals surface area (Å²) in [6, 6.07) is 0. The molecule has 1 rings (SSSR count). The van der Waals surface area contributed by atoms with Crippen LogP contribution in [0.5, 0.6) is 0 Å². The van der Waals surface area contributed by atoms with Crippen molar-refractivity contribution in [1.82, 2.24) is 9.66 Å². The predicted octanol–water partition coefficient (Wildman–Crippen LogP) is -0.801. The molecule has 0 bridgehead atoms. The van der Waals surface area contributed by atoms with Gasteiger partial charge in [-0.15, -0.1) is 0 Å². The molecule has 4 nitrogen and oxygen atoms in total. The average Bonchev–Trinajstić information content (AvgIpc) is 1.85. The van der Waals surface area contributed by atoms with Crippen LogP contribution < -0.4 is 11.5 Å². The first-order valence-corrected chi connectivity index (χ1v) is 2.23. The Hall–Kier alpha value is -1.19. The number of nitrogen functional groups attached to an aromatic ring is 1. The Bertz CT molecular complexity index is 234. The van der Waals surface area contributed by atoms with Gasteiger partial charge in [0.15, 0.2) is 0 Å². The van der Waals surface area contributed by atoms with Gasteiger partial charge in [-0.25, -0.2) is 9.47 Å². The van der Waals surface area contributed by atoms with Gasteiger partial charge in [0.2, 0.25) is 0 Å². The van der Waals surface area contributed by atoms with Gasteiger partial charge in [0.25, 0.3) is 0 Å². The molecule has 0 amide bonds. The van der Waals surface area contributed by atoms with E-state index in [9.17, 15) is 4.79 Å². The molecule has 1 aromatic rings. The molecule has 3 N–H and O–H groups in total. The molecule has 0 atom stereocenters. The molecule has 0 radical (unpaired) electrons. The maximum absolute atomic E-state index is 10.4. The topological polar surface area (TPSA) is 63.8 Å². The number of H-pyrrole nitrogens is 1. The van der Waals surface area contributed by atoms with Crippen molar-refractivity contribution in [3.63, 3.8) is 0 Å². The van der Waals surface area contributed by atoms with Gasteiger partial charge in [0.1, 0.15) is 0 Å². The molecule has 0 aromatic carbocycles. The Labute approximate surface area is 45.9 Å². The largest absolute Gasteiger partial charge is 0.344 e. The Morgan fingerprint density at radius 2 is 2.50 bits per heavy atom. The number of aryl methyl sites for hydroxylation is 1. The van der Waals surface area contributed by atoms with Gasteiger partial charge in [0, 0.05) is 5.69 Å². The summed E-state index contributed by atoms with van der Waals surface area (Å²) in [6.07, 6.45) is 1.53. The summed E-state index contributed by atoms with van der Waals surface area (Å²) in [7, 11) is 0. The lowest BCUT2D eigenvalue weighted by Gasteiger charge is -1.79. The van der Waals surface area contributed by atoms with Crippen LogP contribution in [0.15, 0.2) is 11.0 Å². The molecule has 0 saturated heterocycles. The van der Waals surface area contributed by atoms with Crippen LogP contribution in [0.1, 0.15) is 5.69 Å². The zero-order chi connectivity index (χ0) is 6.15. The van der Waals surface area contributed by atoms with Gasteiger partial charge >= 0.3 is 5.69 Å². The Balaban J connectivity index is 3.35. The van der Waals surface area contributed by atoms with Gasteiger partial charge < -0.3 is 10.8 Å². The number of nitrogens with two attached hydrogens (primary N) is 1. The lowest BCUT2D eigenvalue weighted by atomic mass is 10.6. The fraction of sp³-hybridized carbons (Fsp3) is 0.250.